The van der Waals surface area contributed by atoms with E-state index in [9.17, 15) is 14.4 Å². The minimum Gasteiger partial charge on any atom is -0.388 e. The van der Waals surface area contributed by atoms with Gasteiger partial charge in [-0.25, -0.2) is 0 Å². The first-order chi connectivity index (χ1) is 22.6. The predicted octanol–water partition coefficient (Wildman–Crippen LogP) is 7.48. The molecule has 2 heterocycles. The Morgan fingerprint density at radius 1 is 1.04 bits per heavy atom. The maximum Gasteiger partial charge on any atom is 0.248 e. The zero-order valence-electron chi connectivity index (χ0n) is 31.9. The minimum absolute atomic E-state index is 0.104. The molecule has 1 aromatic heterocycles. The molecule has 2 aromatic rings. The lowest BCUT2D eigenvalue weighted by molar-refractivity contribution is -0.139. The number of amides is 3. The van der Waals surface area contributed by atoms with Crippen LogP contribution in [0.5, 0.6) is 0 Å². The van der Waals surface area contributed by atoms with Crippen molar-refractivity contribution < 1.29 is 19.1 Å². The summed E-state index contributed by atoms with van der Waals surface area (Å²) in [6.07, 6.45) is 10.1. The number of benzene rings is 1. The molecule has 0 radical (unpaired) electrons. The van der Waals surface area contributed by atoms with Gasteiger partial charge in [0.2, 0.25) is 17.7 Å². The van der Waals surface area contributed by atoms with E-state index in [2.05, 4.69) is 28.5 Å². The van der Waals surface area contributed by atoms with Crippen molar-refractivity contribution in [3.8, 4) is 0 Å². The van der Waals surface area contributed by atoms with Crippen LogP contribution in [0.25, 0.3) is 0 Å². The van der Waals surface area contributed by atoms with Gasteiger partial charge in [-0.05, 0) is 91.7 Å². The Balaban J connectivity index is 0. The summed E-state index contributed by atoms with van der Waals surface area (Å²) in [5.41, 5.74) is 7.08. The Bertz CT molecular complexity index is 1190. The van der Waals surface area contributed by atoms with Crippen molar-refractivity contribution in [2.45, 2.75) is 118 Å². The number of allylic oxidation sites excluding steroid dienone is 2. The molecule has 0 bridgehead atoms. The smallest absolute Gasteiger partial charge is 0.248 e. The summed E-state index contributed by atoms with van der Waals surface area (Å²) in [5, 5.41) is 5.76. The van der Waals surface area contributed by atoms with Crippen molar-refractivity contribution in [3.63, 3.8) is 0 Å². The van der Waals surface area contributed by atoms with Crippen LogP contribution in [0.3, 0.4) is 0 Å². The number of carbonyl (C=O) groups is 3. The Morgan fingerprint density at radius 2 is 1.54 bits per heavy atom. The zero-order valence-corrected chi connectivity index (χ0v) is 31.9. The fourth-order valence-electron chi connectivity index (χ4n) is 4.48. The Kier molecular flexibility index (Phi) is 24.5. The van der Waals surface area contributed by atoms with E-state index in [1.54, 1.807) is 46.4 Å². The lowest BCUT2D eigenvalue weighted by atomic mass is 9.96. The van der Waals surface area contributed by atoms with Crippen LogP contribution < -0.4 is 16.4 Å². The molecule has 9 heteroatoms. The van der Waals surface area contributed by atoms with Gasteiger partial charge in [0.15, 0.2) is 0 Å². The monoisotopic (exact) mass is 670 g/mol. The number of hydrogen-bond acceptors (Lipinski definition) is 5. The molecule has 1 fully saturated rings. The number of ether oxygens (including phenoxy) is 1. The van der Waals surface area contributed by atoms with E-state index in [0.29, 0.717) is 18.5 Å². The first-order valence-corrected chi connectivity index (χ1v) is 17.1. The molecule has 1 aliphatic rings. The van der Waals surface area contributed by atoms with Crippen molar-refractivity contribution >= 4 is 23.4 Å². The third-order valence-electron chi connectivity index (χ3n) is 7.08. The quantitative estimate of drug-likeness (QED) is 0.214. The lowest BCUT2D eigenvalue weighted by Gasteiger charge is -2.33. The normalized spacial score (nSPS) is 13.5. The zero-order chi connectivity index (χ0) is 37.3. The van der Waals surface area contributed by atoms with Gasteiger partial charge in [0.05, 0.1) is 11.2 Å². The van der Waals surface area contributed by atoms with Crippen LogP contribution >= 0.6 is 0 Å². The van der Waals surface area contributed by atoms with E-state index >= 15 is 0 Å². The highest BCUT2D eigenvalue weighted by Crippen LogP contribution is 2.28. The van der Waals surface area contributed by atoms with Gasteiger partial charge in [-0.3, -0.25) is 14.4 Å². The van der Waals surface area contributed by atoms with E-state index < -0.39 is 17.1 Å². The Morgan fingerprint density at radius 3 is 2.00 bits per heavy atom. The largest absolute Gasteiger partial charge is 0.388 e. The second kappa shape index (κ2) is 25.3. The number of nitrogens with one attached hydrogen (secondary N) is 2. The van der Waals surface area contributed by atoms with E-state index in [4.69, 9.17) is 5.73 Å². The number of nitrogens with zero attached hydrogens (tertiary/aromatic N) is 2. The van der Waals surface area contributed by atoms with Crippen molar-refractivity contribution in [2.24, 2.45) is 5.73 Å². The molecule has 0 saturated carbocycles. The average molecular weight is 670 g/mol. The van der Waals surface area contributed by atoms with Crippen LogP contribution in [0.15, 0.2) is 73.6 Å². The molecule has 2 atom stereocenters. The summed E-state index contributed by atoms with van der Waals surface area (Å²) in [6, 6.07) is 11.1. The number of nitrogens with two attached hydrogens (primary N) is 1. The van der Waals surface area contributed by atoms with Crippen LogP contribution in [-0.4, -0.2) is 66.1 Å². The highest BCUT2D eigenvalue weighted by molar-refractivity contribution is 5.98. The third kappa shape index (κ3) is 18.0. The molecule has 48 heavy (non-hydrogen) atoms. The molecular weight excluding hydrogens is 602 g/mol. The number of aryl methyl sites for hydroxylation is 1. The fourth-order valence-corrected chi connectivity index (χ4v) is 4.48. The van der Waals surface area contributed by atoms with Gasteiger partial charge >= 0.3 is 0 Å². The predicted molar refractivity (Wildman–Crippen MR) is 203 cm³/mol. The van der Waals surface area contributed by atoms with Crippen LogP contribution in [0.2, 0.25) is 0 Å². The van der Waals surface area contributed by atoms with Gasteiger partial charge in [-0.2, -0.15) is 0 Å². The van der Waals surface area contributed by atoms with Gasteiger partial charge < -0.3 is 30.6 Å². The van der Waals surface area contributed by atoms with Gasteiger partial charge in [0.25, 0.3) is 0 Å². The fraction of sp³-hybridized carbons (Fsp3) is 0.564. The van der Waals surface area contributed by atoms with Gasteiger partial charge in [0, 0.05) is 39.7 Å². The van der Waals surface area contributed by atoms with Gasteiger partial charge in [-0.15, -0.1) is 13.2 Å². The number of rotatable bonds is 11. The number of anilines is 1. The third-order valence-corrected chi connectivity index (χ3v) is 7.08. The van der Waals surface area contributed by atoms with Crippen molar-refractivity contribution in [3.05, 3.63) is 79.2 Å². The highest BCUT2D eigenvalue weighted by Gasteiger charge is 2.37. The number of methoxy groups -OCH3 is 1. The molecule has 1 aliphatic heterocycles. The summed E-state index contributed by atoms with van der Waals surface area (Å²) in [5.74, 6) is -0.579. The van der Waals surface area contributed by atoms with Gasteiger partial charge in [-0.1, -0.05) is 62.8 Å². The minimum atomic E-state index is -1.10. The molecule has 1 unspecified atom stereocenters. The van der Waals surface area contributed by atoms with E-state index in [-0.39, 0.29) is 17.7 Å². The van der Waals surface area contributed by atoms with Crippen LogP contribution in [-0.2, 0) is 31.1 Å². The molecule has 9 nitrogen and oxygen atoms in total. The second-order valence-electron chi connectivity index (χ2n) is 12.6. The highest BCUT2D eigenvalue weighted by atomic mass is 16.4. The van der Waals surface area contributed by atoms with E-state index in [0.717, 1.165) is 38.8 Å². The summed E-state index contributed by atoms with van der Waals surface area (Å²) in [4.78, 5) is 41.0. The molecule has 3 amide bonds. The molecule has 272 valence electrons. The molecule has 1 saturated heterocycles. The average Bonchev–Trinajstić information content (AvgIpc) is 3.75. The molecule has 0 spiro atoms. The SMILES string of the molecule is C=C(C)C.C=CC.CC.CCC(C)(C(=O)N1CCCC1)n1ccc(NC(=O)[C@@H](CCCc2ccccc2)NC(=O)C(C)(C)N)c1.COC. The van der Waals surface area contributed by atoms with Crippen LogP contribution in [0, 0.1) is 0 Å². The first-order valence-electron chi connectivity index (χ1n) is 17.1. The van der Waals surface area contributed by atoms with Crippen LogP contribution in [0.4, 0.5) is 5.69 Å². The second-order valence-corrected chi connectivity index (χ2v) is 12.6. The summed E-state index contributed by atoms with van der Waals surface area (Å²) < 4.78 is 6.13. The van der Waals surface area contributed by atoms with Crippen molar-refractivity contribution in [1.29, 1.82) is 0 Å². The maximum absolute atomic E-state index is 13.2. The molecule has 0 aliphatic carbocycles. The number of likely N-dealkylation sites (tertiary alicyclic amines) is 1. The number of hydrogen-bond donors (Lipinski definition) is 3. The maximum atomic E-state index is 13.2. The Hall–Kier alpha value is -3.69. The molecule has 1 aromatic carbocycles. The summed E-state index contributed by atoms with van der Waals surface area (Å²) in [7, 11) is 3.25. The first kappa shape index (κ1) is 46.4. The summed E-state index contributed by atoms with van der Waals surface area (Å²) >= 11 is 0. The summed E-state index contributed by atoms with van der Waals surface area (Å²) in [6.45, 7) is 25.5. The molecular formula is C39H67N5O4. The van der Waals surface area contributed by atoms with Crippen LogP contribution in [0.1, 0.15) is 100.0 Å². The molecule has 3 rings (SSSR count). The van der Waals surface area contributed by atoms with Crippen molar-refractivity contribution in [1.82, 2.24) is 14.8 Å². The standard InChI is InChI=1S/C28H41N5O3.C4H8.C3H6.C2H6O.C2H6/c1-5-28(4,26(36)32-17-9-10-18-32)33-19-16-22(20-33)30-24(34)23(31-25(35)27(2,3)29)15-11-14-21-12-7-6-8-13-21;1-4(2)3;2*1-3-2;1-2/h6-8,12-13,16,19-20,23H,5,9-11,14-15,17-18,29H2,1-4H3,(H,30,34)(H,31,35);1H2,2-3H3;3H,1H2,2H3;1-2H3;1-2H3/t23-,28?;;;;/m1..../s1. The molecule has 4 N–H and O–H groups in total. The van der Waals surface area contributed by atoms with E-state index in [1.165, 1.54) is 11.1 Å². The number of carbonyl (C=O) groups excluding carboxylic acids is 3. The Labute approximate surface area is 292 Å². The number of aromatic nitrogens is 1. The van der Waals surface area contributed by atoms with Gasteiger partial charge in [0.1, 0.15) is 11.6 Å². The van der Waals surface area contributed by atoms with E-state index in [1.807, 2.05) is 94.5 Å². The topological polar surface area (TPSA) is 119 Å². The van der Waals surface area contributed by atoms with Crippen molar-refractivity contribution in [2.75, 3.05) is 32.6 Å². The lowest BCUT2D eigenvalue weighted by Crippen LogP contribution is -2.54.